The van der Waals surface area contributed by atoms with Crippen molar-refractivity contribution in [1.82, 2.24) is 0 Å². The summed E-state index contributed by atoms with van der Waals surface area (Å²) < 4.78 is 10.6. The van der Waals surface area contributed by atoms with Crippen LogP contribution >= 0.6 is 0 Å². The molecular formula is C11H24O3Si. The van der Waals surface area contributed by atoms with Crippen LogP contribution < -0.4 is 0 Å². The fraction of sp³-hybridized carbons (Fsp3) is 0.909. The smallest absolute Gasteiger partial charge is 0.149 e. The third-order valence-corrected chi connectivity index (χ3v) is 3.84. The van der Waals surface area contributed by atoms with Gasteiger partial charge in [-0.05, 0) is 12.0 Å². The second-order valence-corrected chi connectivity index (χ2v) is 11.0. The lowest BCUT2D eigenvalue weighted by atomic mass is 10.1. The van der Waals surface area contributed by atoms with Gasteiger partial charge in [0.1, 0.15) is 19.2 Å². The quantitative estimate of drug-likeness (QED) is 0.279. The molecule has 0 aliphatic carbocycles. The predicted molar refractivity (Wildman–Crippen MR) is 64.7 cm³/mol. The standard InChI is InChI=1S/C11H24O3Si/c1-10(2)11(8-12)14-9-13-6-7-15(3,4)5/h8,10-11H,6-7,9H2,1-5H3. The zero-order valence-corrected chi connectivity index (χ0v) is 11.6. The summed E-state index contributed by atoms with van der Waals surface area (Å²) >= 11 is 0. The molecule has 0 heterocycles. The molecule has 15 heavy (non-hydrogen) atoms. The lowest BCUT2D eigenvalue weighted by Crippen LogP contribution is -2.25. The van der Waals surface area contributed by atoms with Gasteiger partial charge in [0.05, 0.1) is 0 Å². The second-order valence-electron chi connectivity index (χ2n) is 5.35. The lowest BCUT2D eigenvalue weighted by Gasteiger charge is -2.17. The van der Waals surface area contributed by atoms with Crippen LogP contribution in [-0.2, 0) is 14.3 Å². The average Bonchev–Trinajstić information content (AvgIpc) is 2.08. The second kappa shape index (κ2) is 7.14. The summed E-state index contributed by atoms with van der Waals surface area (Å²) in [6.45, 7) is 11.8. The van der Waals surface area contributed by atoms with Crippen LogP contribution in [0.1, 0.15) is 13.8 Å². The number of rotatable bonds is 8. The van der Waals surface area contributed by atoms with E-state index in [-0.39, 0.29) is 18.8 Å². The molecule has 0 aromatic heterocycles. The van der Waals surface area contributed by atoms with Gasteiger partial charge in [0.15, 0.2) is 0 Å². The molecule has 0 aromatic rings. The molecule has 0 rings (SSSR count). The van der Waals surface area contributed by atoms with Gasteiger partial charge in [-0.2, -0.15) is 0 Å². The van der Waals surface area contributed by atoms with Crippen molar-refractivity contribution in [1.29, 1.82) is 0 Å². The van der Waals surface area contributed by atoms with E-state index in [9.17, 15) is 4.79 Å². The van der Waals surface area contributed by atoms with Crippen LogP contribution in [0.5, 0.6) is 0 Å². The van der Waals surface area contributed by atoms with Crippen molar-refractivity contribution in [2.75, 3.05) is 13.4 Å². The third-order valence-electron chi connectivity index (χ3n) is 2.13. The summed E-state index contributed by atoms with van der Waals surface area (Å²) in [6.07, 6.45) is 0.504. The Kier molecular flexibility index (Phi) is 7.05. The Morgan fingerprint density at radius 3 is 2.27 bits per heavy atom. The first-order valence-corrected chi connectivity index (χ1v) is 9.22. The fourth-order valence-corrected chi connectivity index (χ4v) is 1.71. The van der Waals surface area contributed by atoms with E-state index >= 15 is 0 Å². The lowest BCUT2D eigenvalue weighted by molar-refractivity contribution is -0.134. The van der Waals surface area contributed by atoms with Gasteiger partial charge in [0.2, 0.25) is 0 Å². The highest BCUT2D eigenvalue weighted by Crippen LogP contribution is 2.08. The predicted octanol–water partition coefficient (Wildman–Crippen LogP) is 2.54. The SMILES string of the molecule is CC(C)C(C=O)OCOCC[Si](C)(C)C. The van der Waals surface area contributed by atoms with E-state index in [0.717, 1.165) is 18.9 Å². The molecule has 90 valence electrons. The molecule has 4 heteroatoms. The maximum absolute atomic E-state index is 10.6. The maximum Gasteiger partial charge on any atom is 0.149 e. The highest BCUT2D eigenvalue weighted by atomic mass is 28.3. The van der Waals surface area contributed by atoms with Crippen LogP contribution in [0, 0.1) is 5.92 Å². The molecular weight excluding hydrogens is 208 g/mol. The molecule has 0 spiro atoms. The molecule has 0 amide bonds. The Balaban J connectivity index is 3.49. The molecule has 0 aliphatic heterocycles. The molecule has 0 aliphatic rings. The first-order valence-electron chi connectivity index (χ1n) is 5.51. The molecule has 0 aromatic carbocycles. The van der Waals surface area contributed by atoms with Gasteiger partial charge < -0.3 is 14.3 Å². The number of hydrogen-bond acceptors (Lipinski definition) is 3. The van der Waals surface area contributed by atoms with Gasteiger partial charge in [0.25, 0.3) is 0 Å². The third kappa shape index (κ3) is 8.78. The van der Waals surface area contributed by atoms with E-state index in [1.54, 1.807) is 0 Å². The van der Waals surface area contributed by atoms with Crippen LogP contribution in [0.2, 0.25) is 25.7 Å². The van der Waals surface area contributed by atoms with E-state index in [4.69, 9.17) is 9.47 Å². The Hall–Kier alpha value is -0.193. The molecule has 3 nitrogen and oxygen atoms in total. The minimum atomic E-state index is -1.01. The largest absolute Gasteiger partial charge is 0.356 e. The number of ether oxygens (including phenoxy) is 2. The highest BCUT2D eigenvalue weighted by Gasteiger charge is 2.14. The van der Waals surface area contributed by atoms with Crippen molar-refractivity contribution in [2.24, 2.45) is 5.92 Å². The van der Waals surface area contributed by atoms with E-state index in [1.165, 1.54) is 0 Å². The number of carbonyl (C=O) groups excluding carboxylic acids is 1. The molecule has 1 unspecified atom stereocenters. The topological polar surface area (TPSA) is 35.5 Å². The highest BCUT2D eigenvalue weighted by molar-refractivity contribution is 6.76. The Bertz CT molecular complexity index is 175. The number of hydrogen-bond donors (Lipinski definition) is 0. The first-order chi connectivity index (χ1) is 6.87. The van der Waals surface area contributed by atoms with Gasteiger partial charge in [-0.3, -0.25) is 0 Å². The minimum absolute atomic E-state index is 0.211. The molecule has 1 atom stereocenters. The van der Waals surface area contributed by atoms with Crippen LogP contribution in [0.15, 0.2) is 0 Å². The van der Waals surface area contributed by atoms with Crippen molar-refractivity contribution < 1.29 is 14.3 Å². The zero-order chi connectivity index (χ0) is 11.9. The molecule has 0 bridgehead atoms. The van der Waals surface area contributed by atoms with Gasteiger partial charge >= 0.3 is 0 Å². The zero-order valence-electron chi connectivity index (χ0n) is 10.6. The summed E-state index contributed by atoms with van der Waals surface area (Å²) in [5.74, 6) is 0.211. The van der Waals surface area contributed by atoms with Crippen molar-refractivity contribution in [3.8, 4) is 0 Å². The van der Waals surface area contributed by atoms with Crippen molar-refractivity contribution >= 4 is 14.4 Å². The first kappa shape index (κ1) is 14.8. The molecule has 0 radical (unpaired) electrons. The Labute approximate surface area is 94.2 Å². The number of carbonyl (C=O) groups is 1. The van der Waals surface area contributed by atoms with Crippen molar-refractivity contribution in [2.45, 2.75) is 45.6 Å². The monoisotopic (exact) mass is 232 g/mol. The van der Waals surface area contributed by atoms with Crippen molar-refractivity contribution in [3.05, 3.63) is 0 Å². The summed E-state index contributed by atoms with van der Waals surface area (Å²) in [6, 6.07) is 1.13. The van der Waals surface area contributed by atoms with E-state index < -0.39 is 8.07 Å². The van der Waals surface area contributed by atoms with Crippen LogP contribution in [0.3, 0.4) is 0 Å². The Morgan fingerprint density at radius 1 is 1.27 bits per heavy atom. The fourth-order valence-electron chi connectivity index (χ4n) is 0.953. The summed E-state index contributed by atoms with van der Waals surface area (Å²) in [4.78, 5) is 10.6. The van der Waals surface area contributed by atoms with E-state index in [1.807, 2.05) is 13.8 Å². The van der Waals surface area contributed by atoms with Gasteiger partial charge in [0, 0.05) is 14.7 Å². The molecule has 0 saturated carbocycles. The summed E-state index contributed by atoms with van der Waals surface area (Å²) in [5, 5.41) is 0. The average molecular weight is 232 g/mol. The van der Waals surface area contributed by atoms with Crippen molar-refractivity contribution in [3.63, 3.8) is 0 Å². The van der Waals surface area contributed by atoms with Crippen LogP contribution in [-0.4, -0.2) is 33.9 Å². The molecule has 0 fully saturated rings. The summed E-state index contributed by atoms with van der Waals surface area (Å²) in [5.41, 5.74) is 0. The minimum Gasteiger partial charge on any atom is -0.356 e. The van der Waals surface area contributed by atoms with E-state index in [0.29, 0.717) is 0 Å². The van der Waals surface area contributed by atoms with Crippen LogP contribution in [0.25, 0.3) is 0 Å². The number of aldehydes is 1. The van der Waals surface area contributed by atoms with Gasteiger partial charge in [-0.25, -0.2) is 0 Å². The van der Waals surface area contributed by atoms with Gasteiger partial charge in [-0.1, -0.05) is 33.5 Å². The normalized spacial score (nSPS) is 14.3. The van der Waals surface area contributed by atoms with Gasteiger partial charge in [-0.15, -0.1) is 0 Å². The molecule has 0 N–H and O–H groups in total. The summed E-state index contributed by atoms with van der Waals surface area (Å²) in [7, 11) is -1.01. The van der Waals surface area contributed by atoms with E-state index in [2.05, 4.69) is 19.6 Å². The van der Waals surface area contributed by atoms with Crippen LogP contribution in [0.4, 0.5) is 0 Å². The maximum atomic E-state index is 10.6. The molecule has 0 saturated heterocycles. The Morgan fingerprint density at radius 2 is 1.87 bits per heavy atom.